The molecule has 1 aliphatic rings. The minimum atomic E-state index is -0.541. The number of benzene rings is 1. The van der Waals surface area contributed by atoms with Gasteiger partial charge in [-0.1, -0.05) is 24.6 Å². The van der Waals surface area contributed by atoms with Crippen LogP contribution in [0.2, 0.25) is 0 Å². The van der Waals surface area contributed by atoms with Crippen molar-refractivity contribution < 1.29 is 9.18 Å². The summed E-state index contributed by atoms with van der Waals surface area (Å²) in [7, 11) is 0. The van der Waals surface area contributed by atoms with Gasteiger partial charge in [-0.25, -0.2) is 9.37 Å². The molecule has 2 aromatic rings. The molecule has 1 aliphatic carbocycles. The van der Waals surface area contributed by atoms with Gasteiger partial charge < -0.3 is 5.32 Å². The number of hydrogen-bond donors (Lipinski definition) is 1. The van der Waals surface area contributed by atoms with Crippen molar-refractivity contribution >= 4 is 11.7 Å². The molecule has 3 rings (SSSR count). The second-order valence-electron chi connectivity index (χ2n) is 5.62. The number of carbonyl (C=O) groups is 1. The van der Waals surface area contributed by atoms with E-state index in [0.717, 1.165) is 30.4 Å². The van der Waals surface area contributed by atoms with Gasteiger partial charge in [0.15, 0.2) is 0 Å². The average molecular weight is 284 g/mol. The molecule has 1 aromatic carbocycles. The monoisotopic (exact) mass is 284 g/mol. The van der Waals surface area contributed by atoms with E-state index in [1.165, 1.54) is 12.1 Å². The minimum Gasteiger partial charge on any atom is -0.310 e. The van der Waals surface area contributed by atoms with Gasteiger partial charge in [0.25, 0.3) is 0 Å². The number of halogens is 1. The number of nitrogens with one attached hydrogen (secondary N) is 1. The van der Waals surface area contributed by atoms with Crippen LogP contribution in [0.4, 0.5) is 10.2 Å². The summed E-state index contributed by atoms with van der Waals surface area (Å²) in [6, 6.07) is 9.94. The van der Waals surface area contributed by atoms with Crippen molar-refractivity contribution in [2.75, 3.05) is 5.32 Å². The van der Waals surface area contributed by atoms with Crippen LogP contribution in [0.25, 0.3) is 0 Å². The van der Waals surface area contributed by atoms with Gasteiger partial charge >= 0.3 is 0 Å². The number of pyridine rings is 1. The van der Waals surface area contributed by atoms with Crippen LogP contribution in [0.5, 0.6) is 0 Å². The maximum absolute atomic E-state index is 13.1. The summed E-state index contributed by atoms with van der Waals surface area (Å²) in [5.41, 5.74) is 1.38. The van der Waals surface area contributed by atoms with Crippen LogP contribution in [0.15, 0.2) is 42.6 Å². The number of aromatic nitrogens is 1. The number of rotatable bonds is 3. The Morgan fingerprint density at radius 1 is 1.19 bits per heavy atom. The molecule has 0 radical (unpaired) electrons. The third kappa shape index (κ3) is 2.53. The van der Waals surface area contributed by atoms with Gasteiger partial charge in [-0.2, -0.15) is 0 Å². The maximum atomic E-state index is 13.1. The lowest BCUT2D eigenvalue weighted by Crippen LogP contribution is -2.46. The highest BCUT2D eigenvalue weighted by molar-refractivity contribution is 5.99. The number of amides is 1. The fourth-order valence-electron chi connectivity index (χ4n) is 2.72. The second kappa shape index (κ2) is 5.28. The van der Waals surface area contributed by atoms with Gasteiger partial charge in [0.2, 0.25) is 5.91 Å². The van der Waals surface area contributed by atoms with Gasteiger partial charge in [-0.05, 0) is 49.1 Å². The molecule has 0 spiro atoms. The largest absolute Gasteiger partial charge is 0.310 e. The molecular formula is C17H17FN2O. The SMILES string of the molecule is Cc1ccc(NC(=O)C2(c3ccc(F)cc3)CCC2)nc1. The Labute approximate surface area is 123 Å². The summed E-state index contributed by atoms with van der Waals surface area (Å²) in [5.74, 6) is 0.213. The van der Waals surface area contributed by atoms with Crippen molar-refractivity contribution in [3.8, 4) is 0 Å². The van der Waals surface area contributed by atoms with Crippen molar-refractivity contribution in [1.82, 2.24) is 4.98 Å². The third-order valence-corrected chi connectivity index (χ3v) is 4.19. The summed E-state index contributed by atoms with van der Waals surface area (Å²) in [6.07, 6.45) is 4.31. The van der Waals surface area contributed by atoms with Gasteiger partial charge in [0.05, 0.1) is 5.41 Å². The molecule has 1 heterocycles. The smallest absolute Gasteiger partial charge is 0.236 e. The van der Waals surface area contributed by atoms with E-state index in [1.54, 1.807) is 24.4 Å². The van der Waals surface area contributed by atoms with Crippen LogP contribution in [0.3, 0.4) is 0 Å². The Morgan fingerprint density at radius 2 is 1.90 bits per heavy atom. The zero-order chi connectivity index (χ0) is 14.9. The molecule has 1 fully saturated rings. The molecule has 4 heteroatoms. The fraction of sp³-hybridized carbons (Fsp3) is 0.294. The summed E-state index contributed by atoms with van der Waals surface area (Å²) >= 11 is 0. The van der Waals surface area contributed by atoms with Gasteiger partial charge in [-0.3, -0.25) is 4.79 Å². The van der Waals surface area contributed by atoms with E-state index in [0.29, 0.717) is 5.82 Å². The standard InChI is InChI=1S/C17H17FN2O/c1-12-3-8-15(19-11-12)20-16(21)17(9-2-10-17)13-4-6-14(18)7-5-13/h3-8,11H,2,9-10H2,1H3,(H,19,20,21). The molecule has 3 nitrogen and oxygen atoms in total. The summed E-state index contributed by atoms with van der Waals surface area (Å²) in [6.45, 7) is 1.95. The Bertz CT molecular complexity index is 645. The summed E-state index contributed by atoms with van der Waals surface area (Å²) in [4.78, 5) is 16.8. The highest BCUT2D eigenvalue weighted by atomic mass is 19.1. The van der Waals surface area contributed by atoms with Gasteiger partial charge in [0, 0.05) is 6.20 Å². The number of aryl methyl sites for hydroxylation is 1. The Morgan fingerprint density at radius 3 is 2.43 bits per heavy atom. The first-order valence-electron chi connectivity index (χ1n) is 7.10. The molecule has 0 saturated heterocycles. The van der Waals surface area contributed by atoms with Crippen LogP contribution in [0, 0.1) is 12.7 Å². The van der Waals surface area contributed by atoms with Gasteiger partial charge in [-0.15, -0.1) is 0 Å². The molecule has 1 saturated carbocycles. The van der Waals surface area contributed by atoms with Crippen LogP contribution >= 0.6 is 0 Å². The van der Waals surface area contributed by atoms with E-state index >= 15 is 0 Å². The number of anilines is 1. The van der Waals surface area contributed by atoms with E-state index in [2.05, 4.69) is 10.3 Å². The predicted molar refractivity (Wildman–Crippen MR) is 79.5 cm³/mol. The van der Waals surface area contributed by atoms with E-state index < -0.39 is 5.41 Å². The molecular weight excluding hydrogens is 267 g/mol. The lowest BCUT2D eigenvalue weighted by atomic mass is 9.64. The van der Waals surface area contributed by atoms with Crippen molar-refractivity contribution in [2.24, 2.45) is 0 Å². The minimum absolute atomic E-state index is 0.0586. The highest BCUT2D eigenvalue weighted by Gasteiger charge is 2.45. The molecule has 0 aliphatic heterocycles. The van der Waals surface area contributed by atoms with E-state index in [4.69, 9.17) is 0 Å². The number of hydrogen-bond acceptors (Lipinski definition) is 2. The van der Waals surface area contributed by atoms with Crippen molar-refractivity contribution in [3.63, 3.8) is 0 Å². The van der Waals surface area contributed by atoms with Crippen molar-refractivity contribution in [2.45, 2.75) is 31.6 Å². The number of nitrogens with zero attached hydrogens (tertiary/aromatic N) is 1. The zero-order valence-corrected chi connectivity index (χ0v) is 11.9. The van der Waals surface area contributed by atoms with Crippen LogP contribution < -0.4 is 5.32 Å². The maximum Gasteiger partial charge on any atom is 0.236 e. The van der Waals surface area contributed by atoms with Crippen molar-refractivity contribution in [3.05, 3.63) is 59.5 Å². The fourth-order valence-corrected chi connectivity index (χ4v) is 2.72. The first kappa shape index (κ1) is 13.7. The predicted octanol–water partition coefficient (Wildman–Crippen LogP) is 3.59. The second-order valence-corrected chi connectivity index (χ2v) is 5.62. The molecule has 0 unspecified atom stereocenters. The Balaban J connectivity index is 1.83. The summed E-state index contributed by atoms with van der Waals surface area (Å²) < 4.78 is 13.1. The van der Waals surface area contributed by atoms with E-state index in [-0.39, 0.29) is 11.7 Å². The first-order valence-corrected chi connectivity index (χ1v) is 7.10. The van der Waals surface area contributed by atoms with Crippen LogP contribution in [-0.4, -0.2) is 10.9 Å². The Kier molecular flexibility index (Phi) is 3.45. The van der Waals surface area contributed by atoms with Crippen LogP contribution in [0.1, 0.15) is 30.4 Å². The molecule has 108 valence electrons. The lowest BCUT2D eigenvalue weighted by molar-refractivity contribution is -0.124. The van der Waals surface area contributed by atoms with Crippen molar-refractivity contribution in [1.29, 1.82) is 0 Å². The molecule has 21 heavy (non-hydrogen) atoms. The normalized spacial score (nSPS) is 16.1. The first-order chi connectivity index (χ1) is 10.1. The highest BCUT2D eigenvalue weighted by Crippen LogP contribution is 2.44. The van der Waals surface area contributed by atoms with E-state index in [9.17, 15) is 9.18 Å². The molecule has 1 aromatic heterocycles. The summed E-state index contributed by atoms with van der Waals surface area (Å²) in [5, 5.41) is 2.88. The quantitative estimate of drug-likeness (QED) is 0.936. The Hall–Kier alpha value is -2.23. The van der Waals surface area contributed by atoms with Crippen LogP contribution in [-0.2, 0) is 10.2 Å². The average Bonchev–Trinajstić information content (AvgIpc) is 2.42. The molecule has 1 amide bonds. The molecule has 1 N–H and O–H groups in total. The molecule has 0 bridgehead atoms. The number of carbonyl (C=O) groups excluding carboxylic acids is 1. The van der Waals surface area contributed by atoms with E-state index in [1.807, 2.05) is 13.0 Å². The third-order valence-electron chi connectivity index (χ3n) is 4.19. The lowest BCUT2D eigenvalue weighted by Gasteiger charge is -2.40. The van der Waals surface area contributed by atoms with Gasteiger partial charge in [0.1, 0.15) is 11.6 Å². The topological polar surface area (TPSA) is 42.0 Å². The molecule has 0 atom stereocenters. The zero-order valence-electron chi connectivity index (χ0n) is 11.9.